The average Bonchev–Trinajstić information content (AvgIpc) is 3.44. The van der Waals surface area contributed by atoms with Crippen LogP contribution in [-0.4, -0.2) is 58.5 Å². The second-order valence-corrected chi connectivity index (χ2v) is 9.21. The Morgan fingerprint density at radius 3 is 2.48 bits per heavy atom. The normalized spacial score (nSPS) is 13.6. The summed E-state index contributed by atoms with van der Waals surface area (Å²) in [5.41, 5.74) is 3.37. The van der Waals surface area contributed by atoms with Crippen LogP contribution in [0.15, 0.2) is 53.7 Å². The maximum atomic E-state index is 12.9. The first kappa shape index (κ1) is 21.1. The summed E-state index contributed by atoms with van der Waals surface area (Å²) in [6.45, 7) is 5.04. The topological polar surface area (TPSA) is 101 Å². The summed E-state index contributed by atoms with van der Waals surface area (Å²) in [4.78, 5) is 15.0. The Labute approximate surface area is 181 Å². The van der Waals surface area contributed by atoms with Gasteiger partial charge in [-0.3, -0.25) is 4.79 Å². The lowest BCUT2D eigenvalue weighted by Gasteiger charge is -2.20. The molecule has 1 aromatic heterocycles. The van der Waals surface area contributed by atoms with Crippen LogP contribution in [0.25, 0.3) is 5.69 Å². The SMILES string of the molecule is CCN(CC)S(=O)(=O)c1ccc2c(c1)CCN2C(=O)Cc1ccc(-n2cnnn2)cc1. The van der Waals surface area contributed by atoms with Crippen molar-refractivity contribution in [1.29, 1.82) is 0 Å². The molecule has 2 heterocycles. The third-order valence-electron chi connectivity index (χ3n) is 5.50. The Kier molecular flexibility index (Phi) is 5.84. The van der Waals surface area contributed by atoms with Crippen LogP contribution in [0.3, 0.4) is 0 Å². The number of sulfonamides is 1. The lowest BCUT2D eigenvalue weighted by Crippen LogP contribution is -2.31. The van der Waals surface area contributed by atoms with Gasteiger partial charge in [0.25, 0.3) is 0 Å². The first-order valence-electron chi connectivity index (χ1n) is 10.2. The molecule has 1 aliphatic rings. The van der Waals surface area contributed by atoms with Gasteiger partial charge in [0.2, 0.25) is 15.9 Å². The first-order valence-corrected chi connectivity index (χ1v) is 11.6. The van der Waals surface area contributed by atoms with E-state index >= 15 is 0 Å². The Morgan fingerprint density at radius 1 is 1.10 bits per heavy atom. The molecule has 162 valence electrons. The van der Waals surface area contributed by atoms with Crippen LogP contribution in [0, 0.1) is 0 Å². The van der Waals surface area contributed by atoms with Crippen molar-refractivity contribution in [3.05, 3.63) is 59.9 Å². The Balaban J connectivity index is 1.50. The Bertz CT molecular complexity index is 1170. The van der Waals surface area contributed by atoms with E-state index in [1.807, 2.05) is 38.1 Å². The molecule has 0 saturated heterocycles. The van der Waals surface area contributed by atoms with Gasteiger partial charge in [-0.05, 0) is 58.3 Å². The Hall–Kier alpha value is -3.11. The number of benzene rings is 2. The van der Waals surface area contributed by atoms with Crippen molar-refractivity contribution in [3.8, 4) is 5.69 Å². The van der Waals surface area contributed by atoms with Crippen molar-refractivity contribution in [2.45, 2.75) is 31.6 Å². The highest BCUT2D eigenvalue weighted by molar-refractivity contribution is 7.89. The molecule has 0 N–H and O–H groups in total. The number of anilines is 1. The fourth-order valence-electron chi connectivity index (χ4n) is 3.83. The molecule has 0 atom stereocenters. The van der Waals surface area contributed by atoms with Gasteiger partial charge in [0.05, 0.1) is 17.0 Å². The zero-order valence-corrected chi connectivity index (χ0v) is 18.3. The number of amides is 1. The minimum atomic E-state index is -3.52. The third kappa shape index (κ3) is 4.08. The molecule has 0 spiro atoms. The van der Waals surface area contributed by atoms with Gasteiger partial charge in [0, 0.05) is 25.3 Å². The first-order chi connectivity index (χ1) is 14.9. The molecule has 4 rings (SSSR count). The van der Waals surface area contributed by atoms with E-state index in [9.17, 15) is 13.2 Å². The van der Waals surface area contributed by atoms with Crippen molar-refractivity contribution in [2.24, 2.45) is 0 Å². The number of carbonyl (C=O) groups is 1. The van der Waals surface area contributed by atoms with Crippen LogP contribution in [0.1, 0.15) is 25.0 Å². The number of tetrazole rings is 1. The summed E-state index contributed by atoms with van der Waals surface area (Å²) in [6, 6.07) is 12.5. The van der Waals surface area contributed by atoms with Crippen molar-refractivity contribution in [3.63, 3.8) is 0 Å². The van der Waals surface area contributed by atoms with Gasteiger partial charge >= 0.3 is 0 Å². The smallest absolute Gasteiger partial charge is 0.243 e. The van der Waals surface area contributed by atoms with E-state index < -0.39 is 10.0 Å². The lowest BCUT2D eigenvalue weighted by molar-refractivity contribution is -0.117. The predicted molar refractivity (Wildman–Crippen MR) is 115 cm³/mol. The van der Waals surface area contributed by atoms with Gasteiger partial charge in [-0.1, -0.05) is 26.0 Å². The highest BCUT2D eigenvalue weighted by Gasteiger charge is 2.28. The maximum absolute atomic E-state index is 12.9. The van der Waals surface area contributed by atoms with Gasteiger partial charge in [0.1, 0.15) is 6.33 Å². The quantitative estimate of drug-likeness (QED) is 0.556. The molecule has 9 nitrogen and oxygen atoms in total. The van der Waals surface area contributed by atoms with Crippen LogP contribution in [0.4, 0.5) is 5.69 Å². The number of nitrogens with zero attached hydrogens (tertiary/aromatic N) is 6. The van der Waals surface area contributed by atoms with E-state index in [4.69, 9.17) is 0 Å². The number of aromatic nitrogens is 4. The van der Waals surface area contributed by atoms with Crippen LogP contribution >= 0.6 is 0 Å². The number of hydrogen-bond acceptors (Lipinski definition) is 6. The van der Waals surface area contributed by atoms with E-state index in [0.717, 1.165) is 22.5 Å². The summed E-state index contributed by atoms with van der Waals surface area (Å²) < 4.78 is 28.6. The van der Waals surface area contributed by atoms with Gasteiger partial charge in [0.15, 0.2) is 0 Å². The molecule has 31 heavy (non-hydrogen) atoms. The fourth-order valence-corrected chi connectivity index (χ4v) is 5.34. The summed E-state index contributed by atoms with van der Waals surface area (Å²) >= 11 is 0. The lowest BCUT2D eigenvalue weighted by atomic mass is 10.1. The van der Waals surface area contributed by atoms with Crippen LogP contribution < -0.4 is 4.90 Å². The minimum absolute atomic E-state index is 0.0201. The average molecular weight is 441 g/mol. The second kappa shape index (κ2) is 8.56. The minimum Gasteiger partial charge on any atom is -0.312 e. The van der Waals surface area contributed by atoms with E-state index in [-0.39, 0.29) is 17.2 Å². The standard InChI is InChI=1S/C21H24N6O3S/c1-3-25(4-2)31(29,30)19-9-10-20-17(14-19)11-12-26(20)21(28)13-16-5-7-18(8-6-16)27-15-22-23-24-27/h5-10,14-15H,3-4,11-13H2,1-2H3. The van der Waals surface area contributed by atoms with Gasteiger partial charge in [-0.2, -0.15) is 4.31 Å². The van der Waals surface area contributed by atoms with E-state index in [0.29, 0.717) is 26.1 Å². The number of carbonyl (C=O) groups excluding carboxylic acids is 1. The molecule has 1 amide bonds. The van der Waals surface area contributed by atoms with Gasteiger partial charge in [-0.25, -0.2) is 13.1 Å². The van der Waals surface area contributed by atoms with Crippen molar-refractivity contribution in [1.82, 2.24) is 24.5 Å². The molecule has 0 saturated carbocycles. The molecule has 0 aliphatic carbocycles. The van der Waals surface area contributed by atoms with Crippen molar-refractivity contribution < 1.29 is 13.2 Å². The number of hydrogen-bond donors (Lipinski definition) is 0. The molecule has 1 aliphatic heterocycles. The number of fused-ring (bicyclic) bond motifs is 1. The molecule has 10 heteroatoms. The zero-order chi connectivity index (χ0) is 22.0. The second-order valence-electron chi connectivity index (χ2n) is 7.27. The van der Waals surface area contributed by atoms with Crippen molar-refractivity contribution >= 4 is 21.6 Å². The molecule has 0 bridgehead atoms. The van der Waals surface area contributed by atoms with Gasteiger partial charge in [-0.15, -0.1) is 5.10 Å². The summed E-state index contributed by atoms with van der Waals surface area (Å²) in [5, 5.41) is 11.1. The van der Waals surface area contributed by atoms with E-state index in [1.54, 1.807) is 27.8 Å². The highest BCUT2D eigenvalue weighted by atomic mass is 32.2. The Morgan fingerprint density at radius 2 is 1.84 bits per heavy atom. The molecular formula is C21H24N6O3S. The summed E-state index contributed by atoms with van der Waals surface area (Å²) in [6.07, 6.45) is 2.41. The number of rotatable bonds is 7. The van der Waals surface area contributed by atoms with E-state index in [1.165, 1.54) is 10.6 Å². The monoisotopic (exact) mass is 440 g/mol. The van der Waals surface area contributed by atoms with E-state index in [2.05, 4.69) is 15.5 Å². The van der Waals surface area contributed by atoms with Gasteiger partial charge < -0.3 is 4.90 Å². The molecule has 0 radical (unpaired) electrons. The molecule has 0 fully saturated rings. The maximum Gasteiger partial charge on any atom is 0.243 e. The third-order valence-corrected chi connectivity index (χ3v) is 7.54. The predicted octanol–water partition coefficient (Wildman–Crippen LogP) is 1.82. The highest BCUT2D eigenvalue weighted by Crippen LogP contribution is 2.31. The van der Waals surface area contributed by atoms with Crippen molar-refractivity contribution in [2.75, 3.05) is 24.5 Å². The van der Waals surface area contributed by atoms with Crippen LogP contribution in [0.2, 0.25) is 0 Å². The summed E-state index contributed by atoms with van der Waals surface area (Å²) in [7, 11) is -3.52. The molecule has 3 aromatic rings. The fraction of sp³-hybridized carbons (Fsp3) is 0.333. The molecule has 2 aromatic carbocycles. The van der Waals surface area contributed by atoms with Crippen LogP contribution in [0.5, 0.6) is 0 Å². The zero-order valence-electron chi connectivity index (χ0n) is 17.5. The van der Waals surface area contributed by atoms with Crippen LogP contribution in [-0.2, 0) is 27.7 Å². The molecule has 0 unspecified atom stereocenters. The summed E-state index contributed by atoms with van der Waals surface area (Å²) in [5.74, 6) is -0.0201. The molecular weight excluding hydrogens is 416 g/mol. The largest absolute Gasteiger partial charge is 0.312 e.